The smallest absolute Gasteiger partial charge is 0.320 e. The Hall–Kier alpha value is -1.96. The number of benzene rings is 2. The summed E-state index contributed by atoms with van der Waals surface area (Å²) in [4.78, 5) is 23.3. The number of likely N-dealkylation sites (tertiary alicyclic amines) is 2. The van der Waals surface area contributed by atoms with Crippen molar-refractivity contribution in [2.75, 3.05) is 32.7 Å². The second-order valence-corrected chi connectivity index (χ2v) is 14.4. The average molecular weight is 613 g/mol. The van der Waals surface area contributed by atoms with Crippen LogP contribution in [0.4, 0.5) is 0 Å². The standard InChI is InChI=1S/C33H39Cl2N3O2S/c1-21-3-2-4-24(13-21)28-20-38(30(33(39)40)14-22-5-6-22)19-26(28)18-37-11-9-23(10-12-37)31-17-36-32(41-31)15-25-7-8-27(34)16-29(25)35/h2-4,7-8,13,16-17,22-23,26,28,30H,5-6,9-12,14-15,18-20H2,1H3,(H,39,40). The van der Waals surface area contributed by atoms with E-state index in [1.54, 1.807) is 6.07 Å². The van der Waals surface area contributed by atoms with E-state index in [1.165, 1.54) is 28.8 Å². The SMILES string of the molecule is Cc1cccc(C2CN(C(CC3CC3)C(=O)O)CC2CN2CCC(c3cnc(Cc4ccc(Cl)cc4Cl)s3)CC2)c1. The highest BCUT2D eigenvalue weighted by molar-refractivity contribution is 7.11. The molecule has 2 aliphatic heterocycles. The van der Waals surface area contributed by atoms with Crippen molar-refractivity contribution in [3.05, 3.63) is 85.3 Å². The third kappa shape index (κ3) is 7.17. The maximum Gasteiger partial charge on any atom is 0.320 e. The summed E-state index contributed by atoms with van der Waals surface area (Å²) in [6, 6.07) is 14.2. The number of carboxylic acids is 1. The molecule has 1 aliphatic carbocycles. The maximum absolute atomic E-state index is 12.3. The van der Waals surface area contributed by atoms with E-state index in [9.17, 15) is 9.90 Å². The van der Waals surface area contributed by atoms with Crippen molar-refractivity contribution in [3.8, 4) is 0 Å². The van der Waals surface area contributed by atoms with Gasteiger partial charge in [-0.15, -0.1) is 11.3 Å². The Balaban J connectivity index is 1.09. The molecule has 8 heteroatoms. The Bertz CT molecular complexity index is 1370. The predicted octanol–water partition coefficient (Wildman–Crippen LogP) is 7.50. The number of aliphatic carboxylic acids is 1. The first kappa shape index (κ1) is 29.1. The zero-order valence-electron chi connectivity index (χ0n) is 23.6. The highest BCUT2D eigenvalue weighted by Crippen LogP contribution is 2.40. The summed E-state index contributed by atoms with van der Waals surface area (Å²) < 4.78 is 0. The van der Waals surface area contributed by atoms with Crippen molar-refractivity contribution in [2.24, 2.45) is 11.8 Å². The molecule has 218 valence electrons. The number of nitrogens with zero attached hydrogens (tertiary/aromatic N) is 3. The van der Waals surface area contributed by atoms with Gasteiger partial charge in [-0.3, -0.25) is 9.69 Å². The Morgan fingerprint density at radius 1 is 1.10 bits per heavy atom. The van der Waals surface area contributed by atoms with Gasteiger partial charge in [0.1, 0.15) is 6.04 Å². The van der Waals surface area contributed by atoms with Gasteiger partial charge in [0.05, 0.1) is 5.01 Å². The molecule has 0 radical (unpaired) electrons. The number of carboxylic acid groups (broad SMARTS) is 1. The van der Waals surface area contributed by atoms with Crippen molar-refractivity contribution in [2.45, 2.75) is 63.3 Å². The van der Waals surface area contributed by atoms with Crippen molar-refractivity contribution in [1.29, 1.82) is 0 Å². The van der Waals surface area contributed by atoms with Gasteiger partial charge in [0.2, 0.25) is 0 Å². The molecule has 1 saturated carbocycles. The minimum absolute atomic E-state index is 0.353. The Kier molecular flexibility index (Phi) is 9.04. The molecule has 1 aromatic heterocycles. The van der Waals surface area contributed by atoms with E-state index in [1.807, 2.05) is 23.5 Å². The minimum atomic E-state index is -0.649. The lowest BCUT2D eigenvalue weighted by atomic mass is 9.87. The fourth-order valence-corrected chi connectivity index (χ4v) is 8.44. The van der Waals surface area contributed by atoms with E-state index in [2.05, 4.69) is 47.2 Å². The fraction of sp³-hybridized carbons (Fsp3) is 0.515. The van der Waals surface area contributed by atoms with Gasteiger partial charge < -0.3 is 10.0 Å². The van der Waals surface area contributed by atoms with Crippen LogP contribution in [0.15, 0.2) is 48.7 Å². The van der Waals surface area contributed by atoms with Gasteiger partial charge in [0.15, 0.2) is 0 Å². The van der Waals surface area contributed by atoms with E-state index in [-0.39, 0.29) is 6.04 Å². The Morgan fingerprint density at radius 2 is 1.90 bits per heavy atom. The molecule has 2 aromatic carbocycles. The Morgan fingerprint density at radius 3 is 2.61 bits per heavy atom. The molecule has 0 amide bonds. The first-order valence-electron chi connectivity index (χ1n) is 15.0. The number of piperidine rings is 1. The minimum Gasteiger partial charge on any atom is -0.480 e. The summed E-state index contributed by atoms with van der Waals surface area (Å²) in [6.45, 7) is 7.03. The largest absolute Gasteiger partial charge is 0.480 e. The molecule has 3 atom stereocenters. The number of halogens is 2. The first-order chi connectivity index (χ1) is 19.8. The maximum atomic E-state index is 12.3. The lowest BCUT2D eigenvalue weighted by molar-refractivity contribution is -0.143. The van der Waals surface area contributed by atoms with Crippen LogP contribution in [-0.4, -0.2) is 64.6 Å². The highest BCUT2D eigenvalue weighted by Gasteiger charge is 2.42. The predicted molar refractivity (Wildman–Crippen MR) is 168 cm³/mol. The molecule has 0 bridgehead atoms. The summed E-state index contributed by atoms with van der Waals surface area (Å²) in [6.07, 6.45) is 8.24. The summed E-state index contributed by atoms with van der Waals surface area (Å²) >= 11 is 14.3. The van der Waals surface area contributed by atoms with Crippen LogP contribution in [0.1, 0.15) is 70.5 Å². The number of aromatic nitrogens is 1. The Labute approximate surface area is 257 Å². The van der Waals surface area contributed by atoms with Gasteiger partial charge in [-0.1, -0.05) is 71.9 Å². The third-order valence-corrected chi connectivity index (χ3v) is 11.1. The molecule has 1 N–H and O–H groups in total. The monoisotopic (exact) mass is 611 g/mol. The van der Waals surface area contributed by atoms with Crippen LogP contribution < -0.4 is 0 Å². The van der Waals surface area contributed by atoms with Crippen LogP contribution in [0.2, 0.25) is 10.0 Å². The normalized spacial score (nSPS) is 23.2. The molecule has 2 saturated heterocycles. The molecule has 3 fully saturated rings. The average Bonchev–Trinajstić information content (AvgIpc) is 3.49. The van der Waals surface area contributed by atoms with Gasteiger partial charge in [0.25, 0.3) is 0 Å². The van der Waals surface area contributed by atoms with E-state index < -0.39 is 5.97 Å². The first-order valence-corrected chi connectivity index (χ1v) is 16.5. The summed E-state index contributed by atoms with van der Waals surface area (Å²) in [5.41, 5.74) is 3.69. The zero-order chi connectivity index (χ0) is 28.5. The number of aryl methyl sites for hydroxylation is 1. The van der Waals surface area contributed by atoms with Crippen LogP contribution in [0.5, 0.6) is 0 Å². The van der Waals surface area contributed by atoms with Crippen molar-refractivity contribution < 1.29 is 9.90 Å². The molecule has 3 aliphatic rings. The van der Waals surface area contributed by atoms with Crippen LogP contribution in [-0.2, 0) is 11.2 Å². The van der Waals surface area contributed by atoms with Crippen LogP contribution in [0.25, 0.3) is 0 Å². The van der Waals surface area contributed by atoms with E-state index >= 15 is 0 Å². The molecule has 5 nitrogen and oxygen atoms in total. The number of thiazole rings is 1. The number of carbonyl (C=O) groups is 1. The van der Waals surface area contributed by atoms with Crippen molar-refractivity contribution in [1.82, 2.24) is 14.8 Å². The van der Waals surface area contributed by atoms with Crippen molar-refractivity contribution in [3.63, 3.8) is 0 Å². The molecule has 6 rings (SSSR count). The van der Waals surface area contributed by atoms with Crippen LogP contribution >= 0.6 is 34.5 Å². The number of hydrogen-bond donors (Lipinski definition) is 1. The van der Waals surface area contributed by atoms with Crippen LogP contribution in [0, 0.1) is 18.8 Å². The molecule has 3 heterocycles. The topological polar surface area (TPSA) is 56.7 Å². The second-order valence-electron chi connectivity index (χ2n) is 12.4. The molecule has 41 heavy (non-hydrogen) atoms. The molecular weight excluding hydrogens is 573 g/mol. The lowest BCUT2D eigenvalue weighted by Crippen LogP contribution is -2.41. The summed E-state index contributed by atoms with van der Waals surface area (Å²) in [7, 11) is 0. The van der Waals surface area contributed by atoms with Crippen LogP contribution in [0.3, 0.4) is 0 Å². The van der Waals surface area contributed by atoms with E-state index in [4.69, 9.17) is 28.2 Å². The number of hydrogen-bond acceptors (Lipinski definition) is 5. The van der Waals surface area contributed by atoms with Gasteiger partial charge >= 0.3 is 5.97 Å². The lowest BCUT2D eigenvalue weighted by Gasteiger charge is -2.34. The zero-order valence-corrected chi connectivity index (χ0v) is 26.0. The molecule has 0 spiro atoms. The van der Waals surface area contributed by atoms with E-state index in [0.29, 0.717) is 33.7 Å². The van der Waals surface area contributed by atoms with Gasteiger partial charge in [-0.25, -0.2) is 4.98 Å². The van der Waals surface area contributed by atoms with Gasteiger partial charge in [-0.2, -0.15) is 0 Å². The third-order valence-electron chi connectivity index (χ3n) is 9.33. The summed E-state index contributed by atoms with van der Waals surface area (Å²) in [5.74, 6) is 1.30. The quantitative estimate of drug-likeness (QED) is 0.257. The molecular formula is C33H39Cl2N3O2S. The van der Waals surface area contributed by atoms with Gasteiger partial charge in [-0.05, 0) is 80.3 Å². The molecule has 3 aromatic rings. The second kappa shape index (κ2) is 12.7. The number of rotatable bonds is 10. The summed E-state index contributed by atoms with van der Waals surface area (Å²) in [5, 5.41) is 12.5. The molecule has 3 unspecified atom stereocenters. The fourth-order valence-electron chi connectivity index (χ4n) is 6.85. The highest BCUT2D eigenvalue weighted by atomic mass is 35.5. The van der Waals surface area contributed by atoms with Crippen molar-refractivity contribution >= 4 is 40.5 Å². The van der Waals surface area contributed by atoms with Gasteiger partial charge in [0, 0.05) is 53.1 Å². The van der Waals surface area contributed by atoms with E-state index in [0.717, 1.165) is 69.0 Å².